The third-order valence-corrected chi connectivity index (χ3v) is 2.36. The van der Waals surface area contributed by atoms with Gasteiger partial charge in [0.2, 0.25) is 0 Å². The Labute approximate surface area is 83.3 Å². The topological polar surface area (TPSA) is 46.2 Å². The number of phenols is 1. The first-order valence-corrected chi connectivity index (χ1v) is 4.71. The average Bonchev–Trinajstić information content (AvgIpc) is 2.09. The number of aromatic hydroxyl groups is 1. The van der Waals surface area contributed by atoms with Gasteiger partial charge in [0.05, 0.1) is 0 Å². The van der Waals surface area contributed by atoms with Crippen LogP contribution in [0.1, 0.15) is 24.8 Å². The summed E-state index contributed by atoms with van der Waals surface area (Å²) in [4.78, 5) is 0. The zero-order valence-corrected chi connectivity index (χ0v) is 8.38. The standard InChI is InChI=1S/C10H14ClNO/c1-7(4-5-12)9-6-8(11)2-3-10(9)13/h2-3,6-7,13H,4-5,12H2,1H3. The van der Waals surface area contributed by atoms with E-state index in [1.54, 1.807) is 18.2 Å². The molecule has 0 aliphatic carbocycles. The van der Waals surface area contributed by atoms with Crippen LogP contribution < -0.4 is 5.73 Å². The van der Waals surface area contributed by atoms with Crippen molar-refractivity contribution in [3.8, 4) is 5.75 Å². The molecule has 0 radical (unpaired) electrons. The van der Waals surface area contributed by atoms with E-state index in [4.69, 9.17) is 17.3 Å². The van der Waals surface area contributed by atoms with Gasteiger partial charge in [-0.05, 0) is 42.6 Å². The molecule has 3 heteroatoms. The molecule has 1 unspecified atom stereocenters. The summed E-state index contributed by atoms with van der Waals surface area (Å²) in [6.45, 7) is 2.64. The van der Waals surface area contributed by atoms with E-state index in [0.29, 0.717) is 17.3 Å². The first kappa shape index (κ1) is 10.4. The van der Waals surface area contributed by atoms with Crippen molar-refractivity contribution in [2.75, 3.05) is 6.54 Å². The van der Waals surface area contributed by atoms with Gasteiger partial charge >= 0.3 is 0 Å². The Hall–Kier alpha value is -0.730. The first-order valence-electron chi connectivity index (χ1n) is 4.33. The van der Waals surface area contributed by atoms with E-state index in [2.05, 4.69) is 0 Å². The molecule has 3 N–H and O–H groups in total. The molecule has 0 aromatic heterocycles. The molecule has 1 aromatic rings. The lowest BCUT2D eigenvalue weighted by atomic mass is 9.97. The fourth-order valence-electron chi connectivity index (χ4n) is 1.33. The molecular formula is C10H14ClNO. The predicted molar refractivity (Wildman–Crippen MR) is 55.2 cm³/mol. The van der Waals surface area contributed by atoms with Gasteiger partial charge < -0.3 is 10.8 Å². The Kier molecular flexibility index (Phi) is 3.58. The van der Waals surface area contributed by atoms with Crippen LogP contribution >= 0.6 is 11.6 Å². The summed E-state index contributed by atoms with van der Waals surface area (Å²) in [6.07, 6.45) is 0.855. The summed E-state index contributed by atoms with van der Waals surface area (Å²) >= 11 is 5.82. The van der Waals surface area contributed by atoms with Gasteiger partial charge in [-0.2, -0.15) is 0 Å². The summed E-state index contributed by atoms with van der Waals surface area (Å²) in [5.41, 5.74) is 6.31. The molecule has 2 nitrogen and oxygen atoms in total. The van der Waals surface area contributed by atoms with Gasteiger partial charge in [-0.15, -0.1) is 0 Å². The number of halogens is 1. The van der Waals surface area contributed by atoms with Crippen LogP contribution in [-0.4, -0.2) is 11.7 Å². The van der Waals surface area contributed by atoms with Gasteiger partial charge in [-0.1, -0.05) is 18.5 Å². The molecule has 0 spiro atoms. The van der Waals surface area contributed by atoms with Gasteiger partial charge in [0.25, 0.3) is 0 Å². The maximum absolute atomic E-state index is 9.53. The van der Waals surface area contributed by atoms with Crippen LogP contribution in [0.25, 0.3) is 0 Å². The lowest BCUT2D eigenvalue weighted by Crippen LogP contribution is -2.04. The smallest absolute Gasteiger partial charge is 0.119 e. The fourth-order valence-corrected chi connectivity index (χ4v) is 1.51. The lowest BCUT2D eigenvalue weighted by Gasteiger charge is -2.12. The summed E-state index contributed by atoms with van der Waals surface area (Å²) in [5.74, 6) is 0.550. The van der Waals surface area contributed by atoms with Crippen LogP contribution in [0.5, 0.6) is 5.75 Å². The van der Waals surface area contributed by atoms with Crippen molar-refractivity contribution in [3.63, 3.8) is 0 Å². The molecule has 0 amide bonds. The molecule has 0 saturated carbocycles. The lowest BCUT2D eigenvalue weighted by molar-refractivity contribution is 0.461. The van der Waals surface area contributed by atoms with E-state index >= 15 is 0 Å². The molecule has 1 atom stereocenters. The number of nitrogens with two attached hydrogens (primary N) is 1. The molecule has 72 valence electrons. The monoisotopic (exact) mass is 199 g/mol. The summed E-state index contributed by atoms with van der Waals surface area (Å²) in [5, 5.41) is 10.2. The Morgan fingerprint density at radius 2 is 2.23 bits per heavy atom. The Balaban J connectivity index is 2.91. The fraction of sp³-hybridized carbons (Fsp3) is 0.400. The molecule has 1 aromatic carbocycles. The van der Waals surface area contributed by atoms with Crippen molar-refractivity contribution in [3.05, 3.63) is 28.8 Å². The van der Waals surface area contributed by atoms with E-state index in [-0.39, 0.29) is 5.92 Å². The normalized spacial score (nSPS) is 12.8. The van der Waals surface area contributed by atoms with Gasteiger partial charge in [-0.25, -0.2) is 0 Å². The van der Waals surface area contributed by atoms with Crippen molar-refractivity contribution < 1.29 is 5.11 Å². The number of hydrogen-bond acceptors (Lipinski definition) is 2. The van der Waals surface area contributed by atoms with Gasteiger partial charge in [0, 0.05) is 5.02 Å². The zero-order valence-electron chi connectivity index (χ0n) is 7.63. The number of benzene rings is 1. The maximum Gasteiger partial charge on any atom is 0.119 e. The largest absolute Gasteiger partial charge is 0.508 e. The van der Waals surface area contributed by atoms with Crippen molar-refractivity contribution in [2.45, 2.75) is 19.3 Å². The van der Waals surface area contributed by atoms with E-state index in [1.807, 2.05) is 6.92 Å². The Morgan fingerprint density at radius 1 is 1.54 bits per heavy atom. The van der Waals surface area contributed by atoms with Gasteiger partial charge in [-0.3, -0.25) is 0 Å². The van der Waals surface area contributed by atoms with Crippen LogP contribution in [0.3, 0.4) is 0 Å². The van der Waals surface area contributed by atoms with Crippen LogP contribution in [0.15, 0.2) is 18.2 Å². The van der Waals surface area contributed by atoms with Crippen molar-refractivity contribution in [1.29, 1.82) is 0 Å². The predicted octanol–water partition coefficient (Wildman–Crippen LogP) is 2.50. The molecule has 0 aliphatic rings. The third-order valence-electron chi connectivity index (χ3n) is 2.12. The minimum atomic E-state index is 0.253. The second kappa shape index (κ2) is 4.49. The number of phenolic OH excluding ortho intramolecular Hbond substituents is 1. The van der Waals surface area contributed by atoms with E-state index in [9.17, 15) is 5.11 Å². The molecule has 0 fully saturated rings. The van der Waals surface area contributed by atoms with E-state index < -0.39 is 0 Å². The van der Waals surface area contributed by atoms with Crippen LogP contribution in [0.2, 0.25) is 5.02 Å². The quantitative estimate of drug-likeness (QED) is 0.786. The number of rotatable bonds is 3. The Bertz CT molecular complexity index is 288. The van der Waals surface area contributed by atoms with Crippen LogP contribution in [0, 0.1) is 0 Å². The summed E-state index contributed by atoms with van der Waals surface area (Å²) in [6, 6.07) is 5.08. The summed E-state index contributed by atoms with van der Waals surface area (Å²) in [7, 11) is 0. The van der Waals surface area contributed by atoms with Crippen molar-refractivity contribution >= 4 is 11.6 Å². The molecule has 0 saturated heterocycles. The molecule has 1 rings (SSSR count). The first-order chi connectivity index (χ1) is 6.15. The maximum atomic E-state index is 9.53. The second-order valence-corrected chi connectivity index (χ2v) is 3.62. The molecule has 0 bridgehead atoms. The van der Waals surface area contributed by atoms with Crippen LogP contribution in [0.4, 0.5) is 0 Å². The van der Waals surface area contributed by atoms with E-state index in [0.717, 1.165) is 12.0 Å². The number of hydrogen-bond donors (Lipinski definition) is 2. The van der Waals surface area contributed by atoms with Crippen molar-refractivity contribution in [2.24, 2.45) is 5.73 Å². The highest BCUT2D eigenvalue weighted by atomic mass is 35.5. The van der Waals surface area contributed by atoms with E-state index in [1.165, 1.54) is 0 Å². The van der Waals surface area contributed by atoms with Gasteiger partial charge in [0.15, 0.2) is 0 Å². The third kappa shape index (κ3) is 2.61. The highest BCUT2D eigenvalue weighted by molar-refractivity contribution is 6.30. The minimum absolute atomic E-state index is 0.253. The molecular weight excluding hydrogens is 186 g/mol. The minimum Gasteiger partial charge on any atom is -0.508 e. The molecule has 0 aliphatic heterocycles. The SMILES string of the molecule is CC(CCN)c1cc(Cl)ccc1O. The summed E-state index contributed by atoms with van der Waals surface area (Å²) < 4.78 is 0. The highest BCUT2D eigenvalue weighted by Gasteiger charge is 2.09. The Morgan fingerprint density at radius 3 is 2.85 bits per heavy atom. The average molecular weight is 200 g/mol. The molecule has 0 heterocycles. The van der Waals surface area contributed by atoms with Gasteiger partial charge in [0.1, 0.15) is 5.75 Å². The molecule has 13 heavy (non-hydrogen) atoms. The second-order valence-electron chi connectivity index (χ2n) is 3.18. The van der Waals surface area contributed by atoms with Crippen molar-refractivity contribution in [1.82, 2.24) is 0 Å². The zero-order chi connectivity index (χ0) is 9.84. The van der Waals surface area contributed by atoms with Crippen LogP contribution in [-0.2, 0) is 0 Å². The highest BCUT2D eigenvalue weighted by Crippen LogP contribution is 2.29.